The van der Waals surface area contributed by atoms with Crippen LogP contribution in [0, 0.1) is 0 Å². The second-order valence-corrected chi connectivity index (χ2v) is 5.73. The summed E-state index contributed by atoms with van der Waals surface area (Å²) >= 11 is 0. The van der Waals surface area contributed by atoms with E-state index < -0.39 is 0 Å². The van der Waals surface area contributed by atoms with Gasteiger partial charge in [0, 0.05) is 11.8 Å². The summed E-state index contributed by atoms with van der Waals surface area (Å²) < 4.78 is 1.59. The molecule has 4 aromatic rings. The molecule has 0 saturated carbocycles. The molecule has 3 heterocycles. The van der Waals surface area contributed by atoms with Crippen LogP contribution in [0.15, 0.2) is 41.3 Å². The van der Waals surface area contributed by atoms with E-state index >= 15 is 0 Å². The van der Waals surface area contributed by atoms with Gasteiger partial charge in [0.2, 0.25) is 5.82 Å². The highest BCUT2D eigenvalue weighted by molar-refractivity contribution is 5.84. The highest BCUT2D eigenvalue weighted by Crippen LogP contribution is 2.19. The molecule has 23 heavy (non-hydrogen) atoms. The Kier molecular flexibility index (Phi) is 2.94. The Morgan fingerprint density at radius 1 is 1.17 bits per heavy atom. The number of pyridine rings is 1. The molecular formula is C16H14N6O. The van der Waals surface area contributed by atoms with Crippen molar-refractivity contribution in [1.82, 2.24) is 30.0 Å². The van der Waals surface area contributed by atoms with Crippen molar-refractivity contribution in [3.8, 4) is 11.4 Å². The Hall–Kier alpha value is -3.09. The van der Waals surface area contributed by atoms with Gasteiger partial charge in [-0.15, -0.1) is 10.2 Å². The molecular weight excluding hydrogens is 292 g/mol. The molecule has 1 aromatic carbocycles. The van der Waals surface area contributed by atoms with E-state index in [-0.39, 0.29) is 5.56 Å². The zero-order chi connectivity index (χ0) is 16.0. The van der Waals surface area contributed by atoms with Crippen LogP contribution in [0.4, 0.5) is 0 Å². The molecule has 0 amide bonds. The first-order valence-corrected chi connectivity index (χ1v) is 7.33. The summed E-state index contributed by atoms with van der Waals surface area (Å²) in [6.07, 6.45) is 1.86. The molecule has 1 N–H and O–H groups in total. The summed E-state index contributed by atoms with van der Waals surface area (Å²) in [6.45, 7) is 4.18. The number of hydrogen-bond donors (Lipinski definition) is 1. The molecule has 114 valence electrons. The lowest BCUT2D eigenvalue weighted by Crippen LogP contribution is -2.16. The van der Waals surface area contributed by atoms with Crippen LogP contribution < -0.4 is 5.56 Å². The van der Waals surface area contributed by atoms with Crippen LogP contribution in [0.2, 0.25) is 0 Å². The highest BCUT2D eigenvalue weighted by atomic mass is 16.1. The fraction of sp³-hybridized carbons (Fsp3) is 0.188. The number of hydrogen-bond acceptors (Lipinski definition) is 5. The molecule has 0 fully saturated rings. The molecule has 3 aromatic heterocycles. The minimum absolute atomic E-state index is 0.0992. The van der Waals surface area contributed by atoms with Crippen molar-refractivity contribution >= 4 is 16.6 Å². The Balaban J connectivity index is 2.02. The van der Waals surface area contributed by atoms with Crippen molar-refractivity contribution in [3.05, 3.63) is 52.4 Å². The predicted octanol–water partition coefficient (Wildman–Crippen LogP) is 2.15. The zero-order valence-electron chi connectivity index (χ0n) is 12.7. The fourth-order valence-corrected chi connectivity index (χ4v) is 2.59. The third-order valence-electron chi connectivity index (χ3n) is 3.90. The van der Waals surface area contributed by atoms with Crippen molar-refractivity contribution < 1.29 is 0 Å². The van der Waals surface area contributed by atoms with E-state index in [0.717, 1.165) is 11.1 Å². The third kappa shape index (κ3) is 2.17. The van der Waals surface area contributed by atoms with Crippen LogP contribution in [0.1, 0.15) is 25.3 Å². The first-order valence-electron chi connectivity index (χ1n) is 7.33. The second-order valence-electron chi connectivity index (χ2n) is 5.73. The maximum Gasteiger partial charge on any atom is 0.265 e. The number of fused-ring (bicyclic) bond motifs is 2. The van der Waals surface area contributed by atoms with E-state index in [0.29, 0.717) is 28.3 Å². The summed E-state index contributed by atoms with van der Waals surface area (Å²) in [5.74, 6) is 0.792. The van der Waals surface area contributed by atoms with E-state index in [4.69, 9.17) is 0 Å². The number of nitrogens with zero attached hydrogens (tertiary/aromatic N) is 5. The van der Waals surface area contributed by atoms with Crippen LogP contribution in [0.25, 0.3) is 27.9 Å². The van der Waals surface area contributed by atoms with E-state index in [1.807, 2.05) is 24.4 Å². The van der Waals surface area contributed by atoms with Crippen LogP contribution in [0.5, 0.6) is 0 Å². The van der Waals surface area contributed by atoms with E-state index in [2.05, 4.69) is 39.5 Å². The summed E-state index contributed by atoms with van der Waals surface area (Å²) in [4.78, 5) is 17.4. The number of aromatic amines is 1. The van der Waals surface area contributed by atoms with Crippen LogP contribution in [-0.2, 0) is 0 Å². The fourth-order valence-electron chi connectivity index (χ4n) is 2.59. The minimum Gasteiger partial charge on any atom is -0.268 e. The molecule has 7 heteroatoms. The van der Waals surface area contributed by atoms with Gasteiger partial charge in [0.1, 0.15) is 5.65 Å². The molecule has 7 nitrogen and oxygen atoms in total. The van der Waals surface area contributed by atoms with Gasteiger partial charge in [0.15, 0.2) is 0 Å². The quantitative estimate of drug-likeness (QED) is 0.573. The van der Waals surface area contributed by atoms with Gasteiger partial charge >= 0.3 is 0 Å². The lowest BCUT2D eigenvalue weighted by atomic mass is 10.1. The van der Waals surface area contributed by atoms with Gasteiger partial charge in [0.25, 0.3) is 5.56 Å². The van der Waals surface area contributed by atoms with Crippen molar-refractivity contribution in [2.75, 3.05) is 0 Å². The normalized spacial score (nSPS) is 11.6. The predicted molar refractivity (Wildman–Crippen MR) is 86.2 cm³/mol. The minimum atomic E-state index is -0.0992. The van der Waals surface area contributed by atoms with Gasteiger partial charge in [-0.1, -0.05) is 19.9 Å². The number of tetrazole rings is 1. The number of benzene rings is 1. The van der Waals surface area contributed by atoms with Gasteiger partial charge in [-0.3, -0.25) is 9.20 Å². The first kappa shape index (κ1) is 13.6. The van der Waals surface area contributed by atoms with Crippen molar-refractivity contribution in [2.45, 2.75) is 19.8 Å². The maximum atomic E-state index is 12.8. The average molecular weight is 306 g/mol. The first-order chi connectivity index (χ1) is 11.1. The molecule has 0 aliphatic rings. The largest absolute Gasteiger partial charge is 0.268 e. The number of nitrogens with one attached hydrogen (secondary N) is 1. The van der Waals surface area contributed by atoms with Crippen LogP contribution in [0.3, 0.4) is 0 Å². The Labute approximate surface area is 131 Å². The molecule has 0 spiro atoms. The standard InChI is InChI=1S/C16H14N6O/c1-9(2)11-4-6-14-17-13-5-3-10(15-18-20-21-19-15)7-12(13)16(23)22(14)8-11/h3-9H,1-2H3,(H,18,19,20,21). The molecule has 0 saturated heterocycles. The van der Waals surface area contributed by atoms with Crippen molar-refractivity contribution in [1.29, 1.82) is 0 Å². The lowest BCUT2D eigenvalue weighted by molar-refractivity contribution is 0.849. The monoisotopic (exact) mass is 306 g/mol. The van der Waals surface area contributed by atoms with Crippen LogP contribution in [-0.4, -0.2) is 30.0 Å². The number of aromatic nitrogens is 6. The Morgan fingerprint density at radius 2 is 2.04 bits per heavy atom. The van der Waals surface area contributed by atoms with Crippen molar-refractivity contribution in [2.24, 2.45) is 0 Å². The molecule has 0 radical (unpaired) electrons. The second kappa shape index (κ2) is 4.98. The van der Waals surface area contributed by atoms with Crippen LogP contribution >= 0.6 is 0 Å². The SMILES string of the molecule is CC(C)c1ccc2nc3ccc(-c4nn[nH]n4)cc3c(=O)n2c1. The maximum absolute atomic E-state index is 12.8. The number of rotatable bonds is 2. The molecule has 0 atom stereocenters. The molecule has 0 aliphatic carbocycles. The van der Waals surface area contributed by atoms with Gasteiger partial charge in [0.05, 0.1) is 10.9 Å². The number of H-pyrrole nitrogens is 1. The van der Waals surface area contributed by atoms with Crippen molar-refractivity contribution in [3.63, 3.8) is 0 Å². The topological polar surface area (TPSA) is 88.8 Å². The van der Waals surface area contributed by atoms with E-state index in [1.165, 1.54) is 0 Å². The Bertz CT molecular complexity index is 1070. The molecule has 0 bridgehead atoms. The lowest BCUT2D eigenvalue weighted by Gasteiger charge is -2.09. The Morgan fingerprint density at radius 3 is 2.78 bits per heavy atom. The van der Waals surface area contributed by atoms with Gasteiger partial charge in [-0.05, 0) is 41.0 Å². The van der Waals surface area contributed by atoms with E-state index in [9.17, 15) is 4.79 Å². The third-order valence-corrected chi connectivity index (χ3v) is 3.90. The van der Waals surface area contributed by atoms with Gasteiger partial charge in [-0.25, -0.2) is 4.98 Å². The molecule has 0 unspecified atom stereocenters. The van der Waals surface area contributed by atoms with E-state index in [1.54, 1.807) is 16.5 Å². The summed E-state index contributed by atoms with van der Waals surface area (Å²) in [5.41, 5.74) is 3.01. The smallest absolute Gasteiger partial charge is 0.265 e. The summed E-state index contributed by atoms with van der Waals surface area (Å²) in [5, 5.41) is 14.4. The highest BCUT2D eigenvalue weighted by Gasteiger charge is 2.10. The zero-order valence-corrected chi connectivity index (χ0v) is 12.7. The van der Waals surface area contributed by atoms with Gasteiger partial charge in [-0.2, -0.15) is 5.21 Å². The molecule has 0 aliphatic heterocycles. The van der Waals surface area contributed by atoms with Gasteiger partial charge < -0.3 is 0 Å². The molecule has 4 rings (SSSR count). The summed E-state index contributed by atoms with van der Waals surface area (Å²) in [7, 11) is 0. The summed E-state index contributed by atoms with van der Waals surface area (Å²) in [6, 6.07) is 9.27. The average Bonchev–Trinajstić information content (AvgIpc) is 3.09.